The number of carboxylic acid groups (broad SMARTS) is 1. The molecule has 0 rings (SSSR count). The van der Waals surface area contributed by atoms with Crippen molar-refractivity contribution in [2.24, 2.45) is 10.9 Å². The molecule has 0 heterocycles. The fourth-order valence-corrected chi connectivity index (χ4v) is 0.657. The van der Waals surface area contributed by atoms with Crippen molar-refractivity contribution in [3.05, 3.63) is 0 Å². The molecule has 0 bridgehead atoms. The van der Waals surface area contributed by atoms with Gasteiger partial charge in [-0.3, -0.25) is 9.79 Å². The number of aliphatic imine (C=N–C) groups is 1. The van der Waals surface area contributed by atoms with Crippen LogP contribution in [-0.2, 0) is 4.79 Å². The fourth-order valence-electron chi connectivity index (χ4n) is 0.657. The Morgan fingerprint density at radius 3 is 2.33 bits per heavy atom. The summed E-state index contributed by atoms with van der Waals surface area (Å²) in [5, 5.41) is 8.68. The third-order valence-electron chi connectivity index (χ3n) is 1.40. The van der Waals surface area contributed by atoms with E-state index in [1.165, 1.54) is 6.21 Å². The second-order valence-electron chi connectivity index (χ2n) is 3.80. The van der Waals surface area contributed by atoms with Crippen LogP contribution in [0.4, 0.5) is 0 Å². The second kappa shape index (κ2) is 4.24. The van der Waals surface area contributed by atoms with Crippen molar-refractivity contribution in [1.82, 2.24) is 0 Å². The summed E-state index contributed by atoms with van der Waals surface area (Å²) in [7, 11) is 0. The molecule has 70 valence electrons. The van der Waals surface area contributed by atoms with Crippen LogP contribution in [0.3, 0.4) is 0 Å². The predicted octanol–water partition coefficient (Wildman–Crippen LogP) is 1.97. The van der Waals surface area contributed by atoms with Gasteiger partial charge in [-0.25, -0.2) is 0 Å². The lowest BCUT2D eigenvalue weighted by atomic mass is 10.1. The Morgan fingerprint density at radius 2 is 2.08 bits per heavy atom. The van der Waals surface area contributed by atoms with Gasteiger partial charge in [-0.1, -0.05) is 6.92 Å². The van der Waals surface area contributed by atoms with Gasteiger partial charge in [-0.15, -0.1) is 0 Å². The minimum atomic E-state index is -0.800. The van der Waals surface area contributed by atoms with Gasteiger partial charge in [0.25, 0.3) is 0 Å². The lowest BCUT2D eigenvalue weighted by Crippen LogP contribution is -2.17. The molecule has 0 aromatic heterocycles. The SMILES string of the molecule is CCC(C=NC(C)(C)C)C(=O)O. The van der Waals surface area contributed by atoms with Crippen LogP contribution in [0.2, 0.25) is 0 Å². The van der Waals surface area contributed by atoms with E-state index < -0.39 is 11.9 Å². The van der Waals surface area contributed by atoms with Gasteiger partial charge < -0.3 is 5.11 Å². The molecule has 0 aromatic rings. The highest BCUT2D eigenvalue weighted by atomic mass is 16.4. The summed E-state index contributed by atoms with van der Waals surface area (Å²) in [4.78, 5) is 14.7. The number of aliphatic carboxylic acids is 1. The van der Waals surface area contributed by atoms with E-state index in [1.807, 2.05) is 27.7 Å². The first-order valence-electron chi connectivity index (χ1n) is 4.15. The maximum absolute atomic E-state index is 10.6. The molecule has 0 spiro atoms. The Labute approximate surface area is 73.5 Å². The maximum Gasteiger partial charge on any atom is 0.311 e. The minimum absolute atomic E-state index is 0.178. The molecule has 0 radical (unpaired) electrons. The summed E-state index contributed by atoms with van der Waals surface area (Å²) in [6, 6.07) is 0. The highest BCUT2D eigenvalue weighted by molar-refractivity contribution is 5.88. The molecule has 1 atom stereocenters. The Bertz CT molecular complexity index is 179. The van der Waals surface area contributed by atoms with Crippen LogP contribution in [0.5, 0.6) is 0 Å². The quantitative estimate of drug-likeness (QED) is 0.660. The number of carboxylic acids is 1. The van der Waals surface area contributed by atoms with Gasteiger partial charge in [-0.2, -0.15) is 0 Å². The summed E-state index contributed by atoms with van der Waals surface area (Å²) in [5.41, 5.74) is -0.178. The van der Waals surface area contributed by atoms with Gasteiger partial charge in [-0.05, 0) is 27.2 Å². The lowest BCUT2D eigenvalue weighted by molar-refractivity contribution is -0.139. The maximum atomic E-state index is 10.6. The molecule has 0 aliphatic carbocycles. The van der Waals surface area contributed by atoms with Crippen molar-refractivity contribution in [3.63, 3.8) is 0 Å². The molecule has 0 fully saturated rings. The molecule has 0 aliphatic rings. The molecule has 1 N–H and O–H groups in total. The van der Waals surface area contributed by atoms with Gasteiger partial charge in [0.05, 0.1) is 11.5 Å². The summed E-state index contributed by atoms with van der Waals surface area (Å²) >= 11 is 0. The summed E-state index contributed by atoms with van der Waals surface area (Å²) < 4.78 is 0. The average molecular weight is 171 g/mol. The van der Waals surface area contributed by atoms with Crippen LogP contribution in [-0.4, -0.2) is 22.8 Å². The van der Waals surface area contributed by atoms with Crippen LogP contribution >= 0.6 is 0 Å². The van der Waals surface area contributed by atoms with Crippen LogP contribution < -0.4 is 0 Å². The fraction of sp³-hybridized carbons (Fsp3) is 0.778. The summed E-state index contributed by atoms with van der Waals surface area (Å²) in [5.74, 6) is -1.24. The van der Waals surface area contributed by atoms with Crippen molar-refractivity contribution in [2.75, 3.05) is 0 Å². The zero-order chi connectivity index (χ0) is 9.78. The normalized spacial score (nSPS) is 15.0. The van der Waals surface area contributed by atoms with E-state index >= 15 is 0 Å². The van der Waals surface area contributed by atoms with Crippen LogP contribution in [0.25, 0.3) is 0 Å². The smallest absolute Gasteiger partial charge is 0.311 e. The van der Waals surface area contributed by atoms with E-state index in [0.717, 1.165) is 0 Å². The van der Waals surface area contributed by atoms with Gasteiger partial charge in [0.15, 0.2) is 0 Å². The van der Waals surface area contributed by atoms with Crippen LogP contribution in [0, 0.1) is 5.92 Å². The Kier molecular flexibility index (Phi) is 3.93. The Hall–Kier alpha value is -0.860. The van der Waals surface area contributed by atoms with E-state index in [4.69, 9.17) is 5.11 Å². The van der Waals surface area contributed by atoms with E-state index in [-0.39, 0.29) is 5.54 Å². The molecule has 0 aromatic carbocycles. The molecule has 0 aliphatic heterocycles. The molecule has 0 saturated carbocycles. The predicted molar refractivity (Wildman–Crippen MR) is 49.7 cm³/mol. The van der Waals surface area contributed by atoms with E-state index in [9.17, 15) is 4.79 Å². The van der Waals surface area contributed by atoms with Crippen LogP contribution in [0.15, 0.2) is 4.99 Å². The average Bonchev–Trinajstić information content (AvgIpc) is 1.85. The number of carbonyl (C=O) groups is 1. The van der Waals surface area contributed by atoms with Crippen molar-refractivity contribution in [2.45, 2.75) is 39.7 Å². The molecule has 0 amide bonds. The number of nitrogens with zero attached hydrogens (tertiary/aromatic N) is 1. The summed E-state index contributed by atoms with van der Waals surface area (Å²) in [6.45, 7) is 7.67. The first-order chi connectivity index (χ1) is 5.37. The lowest BCUT2D eigenvalue weighted by Gasteiger charge is -2.12. The van der Waals surface area contributed by atoms with Gasteiger partial charge in [0.1, 0.15) is 0 Å². The monoisotopic (exact) mass is 171 g/mol. The second-order valence-corrected chi connectivity index (χ2v) is 3.80. The summed E-state index contributed by atoms with van der Waals surface area (Å²) in [6.07, 6.45) is 2.12. The highest BCUT2D eigenvalue weighted by Gasteiger charge is 2.13. The number of hydrogen-bond donors (Lipinski definition) is 1. The third-order valence-corrected chi connectivity index (χ3v) is 1.40. The zero-order valence-electron chi connectivity index (χ0n) is 8.16. The van der Waals surface area contributed by atoms with Crippen molar-refractivity contribution < 1.29 is 9.90 Å². The highest BCUT2D eigenvalue weighted by Crippen LogP contribution is 2.07. The molecule has 3 heteroatoms. The number of rotatable bonds is 3. The van der Waals surface area contributed by atoms with Gasteiger partial charge in [0, 0.05) is 6.21 Å². The zero-order valence-corrected chi connectivity index (χ0v) is 8.16. The molecule has 12 heavy (non-hydrogen) atoms. The van der Waals surface area contributed by atoms with Gasteiger partial charge >= 0.3 is 5.97 Å². The minimum Gasteiger partial charge on any atom is -0.481 e. The standard InChI is InChI=1S/C9H17NO2/c1-5-7(8(11)12)6-10-9(2,3)4/h6-7H,5H2,1-4H3,(H,11,12). The molecular formula is C9H17NO2. The third kappa shape index (κ3) is 4.88. The van der Waals surface area contributed by atoms with E-state index in [0.29, 0.717) is 6.42 Å². The van der Waals surface area contributed by atoms with Crippen molar-refractivity contribution in [3.8, 4) is 0 Å². The topological polar surface area (TPSA) is 49.7 Å². The van der Waals surface area contributed by atoms with Crippen LogP contribution in [0.1, 0.15) is 34.1 Å². The first-order valence-corrected chi connectivity index (χ1v) is 4.15. The molecular weight excluding hydrogens is 154 g/mol. The Balaban J connectivity index is 4.21. The Morgan fingerprint density at radius 1 is 1.58 bits per heavy atom. The van der Waals surface area contributed by atoms with Gasteiger partial charge in [0.2, 0.25) is 0 Å². The first kappa shape index (κ1) is 11.1. The number of hydrogen-bond acceptors (Lipinski definition) is 2. The van der Waals surface area contributed by atoms with E-state index in [2.05, 4.69) is 4.99 Å². The van der Waals surface area contributed by atoms with Crippen molar-refractivity contribution >= 4 is 12.2 Å². The van der Waals surface area contributed by atoms with Crippen molar-refractivity contribution in [1.29, 1.82) is 0 Å². The largest absolute Gasteiger partial charge is 0.481 e. The molecule has 3 nitrogen and oxygen atoms in total. The molecule has 1 unspecified atom stereocenters. The van der Waals surface area contributed by atoms with E-state index in [1.54, 1.807) is 0 Å². The molecule has 0 saturated heterocycles.